The molecule has 3 aromatic rings. The molecule has 6 nitrogen and oxygen atoms in total. The molecule has 6 heteroatoms. The summed E-state index contributed by atoms with van der Waals surface area (Å²) in [5, 5.41) is 14.1. The first-order chi connectivity index (χ1) is 14.9. The van der Waals surface area contributed by atoms with E-state index in [-0.39, 0.29) is 5.57 Å². The summed E-state index contributed by atoms with van der Waals surface area (Å²) in [4.78, 5) is 26.8. The molecule has 0 saturated carbocycles. The number of anilines is 2. The molecule has 0 aromatic heterocycles. The highest BCUT2D eigenvalue weighted by Crippen LogP contribution is 2.19. The first kappa shape index (κ1) is 21.6. The molecule has 3 rings (SSSR count). The van der Waals surface area contributed by atoms with E-state index in [1.54, 1.807) is 18.2 Å². The average molecular weight is 413 g/mol. The third-order valence-corrected chi connectivity index (χ3v) is 4.73. The second-order valence-corrected chi connectivity index (χ2v) is 7.25. The number of carbonyl (C=O) groups excluding carboxylic acids is 2. The minimum Gasteiger partial charge on any atom is -0.448 e. The van der Waals surface area contributed by atoms with Crippen molar-refractivity contribution in [2.75, 3.05) is 24.3 Å². The monoisotopic (exact) mass is 413 g/mol. The largest absolute Gasteiger partial charge is 0.448 e. The zero-order valence-electron chi connectivity index (χ0n) is 17.6. The van der Waals surface area contributed by atoms with Gasteiger partial charge in [0.25, 0.3) is 5.91 Å². The van der Waals surface area contributed by atoms with Crippen molar-refractivity contribution in [1.82, 2.24) is 0 Å². The standard InChI is InChI=1S/C25H23N3O3/c1-17(24(29)27-22-11-10-19-6-4-5-7-20(19)15-22)31-25(30)21(16-26)14-18-8-12-23(13-9-18)28(2)3/h4-15,17H,1-3H3,(H,27,29)/b21-14+. The summed E-state index contributed by atoms with van der Waals surface area (Å²) in [6, 6.07) is 22.5. The van der Waals surface area contributed by atoms with Crippen LogP contribution in [0.25, 0.3) is 16.8 Å². The predicted molar refractivity (Wildman–Crippen MR) is 122 cm³/mol. The number of fused-ring (bicyclic) bond motifs is 1. The van der Waals surface area contributed by atoms with Crippen LogP contribution in [0.2, 0.25) is 0 Å². The fourth-order valence-electron chi connectivity index (χ4n) is 2.96. The fraction of sp³-hybridized carbons (Fsp3) is 0.160. The van der Waals surface area contributed by atoms with Gasteiger partial charge in [-0.1, -0.05) is 42.5 Å². The lowest BCUT2D eigenvalue weighted by Crippen LogP contribution is -2.30. The number of esters is 1. The van der Waals surface area contributed by atoms with Gasteiger partial charge < -0.3 is 15.0 Å². The van der Waals surface area contributed by atoms with Crippen LogP contribution in [0.4, 0.5) is 11.4 Å². The average Bonchev–Trinajstić information content (AvgIpc) is 2.77. The SMILES string of the molecule is CC(OC(=O)/C(C#N)=C/c1ccc(N(C)C)cc1)C(=O)Nc1ccc2ccccc2c1. The van der Waals surface area contributed by atoms with E-state index in [0.717, 1.165) is 16.5 Å². The number of amides is 1. The van der Waals surface area contributed by atoms with E-state index in [1.165, 1.54) is 13.0 Å². The van der Waals surface area contributed by atoms with Gasteiger partial charge >= 0.3 is 5.97 Å². The maximum atomic E-state index is 12.5. The van der Waals surface area contributed by atoms with Gasteiger partial charge in [0.05, 0.1) is 0 Å². The lowest BCUT2D eigenvalue weighted by Gasteiger charge is -2.14. The molecule has 0 radical (unpaired) electrons. The Hall–Kier alpha value is -4.11. The first-order valence-electron chi connectivity index (χ1n) is 9.77. The van der Waals surface area contributed by atoms with E-state index in [4.69, 9.17) is 4.74 Å². The molecule has 0 aliphatic rings. The Balaban J connectivity index is 1.65. The van der Waals surface area contributed by atoms with E-state index < -0.39 is 18.0 Å². The number of ether oxygens (including phenoxy) is 1. The Morgan fingerprint density at radius 1 is 1.03 bits per heavy atom. The molecule has 0 saturated heterocycles. The molecule has 0 heterocycles. The molecular weight excluding hydrogens is 390 g/mol. The van der Waals surface area contributed by atoms with Crippen molar-refractivity contribution in [3.8, 4) is 6.07 Å². The Kier molecular flexibility index (Phi) is 6.68. The van der Waals surface area contributed by atoms with Crippen molar-refractivity contribution in [3.05, 3.63) is 77.9 Å². The topological polar surface area (TPSA) is 82.4 Å². The summed E-state index contributed by atoms with van der Waals surface area (Å²) in [5.41, 5.74) is 2.11. The van der Waals surface area contributed by atoms with Gasteiger partial charge in [0.2, 0.25) is 0 Å². The van der Waals surface area contributed by atoms with Gasteiger partial charge in [-0.15, -0.1) is 0 Å². The molecular formula is C25H23N3O3. The van der Waals surface area contributed by atoms with Crippen molar-refractivity contribution in [2.45, 2.75) is 13.0 Å². The van der Waals surface area contributed by atoms with Crippen LogP contribution in [-0.4, -0.2) is 32.1 Å². The predicted octanol–water partition coefficient (Wildman–Crippen LogP) is 4.38. The molecule has 0 aliphatic carbocycles. The van der Waals surface area contributed by atoms with Gasteiger partial charge in [-0.25, -0.2) is 4.79 Å². The first-order valence-corrected chi connectivity index (χ1v) is 9.77. The molecule has 1 unspecified atom stereocenters. The third-order valence-electron chi connectivity index (χ3n) is 4.73. The van der Waals surface area contributed by atoms with Gasteiger partial charge in [0.1, 0.15) is 11.6 Å². The molecule has 156 valence electrons. The third kappa shape index (κ3) is 5.49. The van der Waals surface area contributed by atoms with Gasteiger partial charge in [-0.2, -0.15) is 5.26 Å². The highest BCUT2D eigenvalue weighted by atomic mass is 16.5. The summed E-state index contributed by atoms with van der Waals surface area (Å²) in [6.45, 7) is 1.47. The molecule has 3 aromatic carbocycles. The number of nitrogens with zero attached hydrogens (tertiary/aromatic N) is 2. The number of carbonyl (C=O) groups is 2. The van der Waals surface area contributed by atoms with Crippen LogP contribution in [0.1, 0.15) is 12.5 Å². The minimum absolute atomic E-state index is 0.178. The minimum atomic E-state index is -1.06. The normalized spacial score (nSPS) is 12.0. The van der Waals surface area contributed by atoms with E-state index in [9.17, 15) is 14.9 Å². The van der Waals surface area contributed by atoms with Crippen molar-refractivity contribution in [1.29, 1.82) is 5.26 Å². The lowest BCUT2D eigenvalue weighted by atomic mass is 10.1. The Morgan fingerprint density at radius 3 is 2.35 bits per heavy atom. The maximum absolute atomic E-state index is 12.5. The van der Waals surface area contributed by atoms with Crippen molar-refractivity contribution < 1.29 is 14.3 Å². The summed E-state index contributed by atoms with van der Waals surface area (Å²) in [7, 11) is 3.85. The highest BCUT2D eigenvalue weighted by Gasteiger charge is 2.21. The van der Waals surface area contributed by atoms with E-state index in [0.29, 0.717) is 11.3 Å². The molecule has 0 spiro atoms. The Morgan fingerprint density at radius 2 is 1.71 bits per heavy atom. The number of hydrogen-bond donors (Lipinski definition) is 1. The molecule has 1 N–H and O–H groups in total. The summed E-state index contributed by atoms with van der Waals surface area (Å²) in [6.07, 6.45) is 0.377. The molecule has 31 heavy (non-hydrogen) atoms. The van der Waals surface area contributed by atoms with Crippen LogP contribution in [0.3, 0.4) is 0 Å². The summed E-state index contributed by atoms with van der Waals surface area (Å²) in [5.74, 6) is -1.32. The van der Waals surface area contributed by atoms with Crippen molar-refractivity contribution in [3.63, 3.8) is 0 Å². The molecule has 1 atom stereocenters. The van der Waals surface area contributed by atoms with Gasteiger partial charge in [0, 0.05) is 25.5 Å². The van der Waals surface area contributed by atoms with Crippen LogP contribution in [0.5, 0.6) is 0 Å². The van der Waals surface area contributed by atoms with Crippen molar-refractivity contribution in [2.24, 2.45) is 0 Å². The number of nitriles is 1. The number of benzene rings is 3. The number of nitrogens with one attached hydrogen (secondary N) is 1. The highest BCUT2D eigenvalue weighted by molar-refractivity contribution is 6.01. The smallest absolute Gasteiger partial charge is 0.349 e. The van der Waals surface area contributed by atoms with E-state index in [2.05, 4.69) is 5.32 Å². The number of rotatable bonds is 6. The van der Waals surface area contributed by atoms with Crippen LogP contribution >= 0.6 is 0 Å². The quantitative estimate of drug-likeness (QED) is 0.368. The van der Waals surface area contributed by atoms with E-state index >= 15 is 0 Å². The van der Waals surface area contributed by atoms with Crippen molar-refractivity contribution >= 4 is 40.1 Å². The second-order valence-electron chi connectivity index (χ2n) is 7.25. The van der Waals surface area contributed by atoms with Crippen LogP contribution in [0, 0.1) is 11.3 Å². The molecule has 0 aliphatic heterocycles. The zero-order chi connectivity index (χ0) is 22.4. The van der Waals surface area contributed by atoms with Gasteiger partial charge in [-0.05, 0) is 53.6 Å². The summed E-state index contributed by atoms with van der Waals surface area (Å²) < 4.78 is 5.21. The zero-order valence-corrected chi connectivity index (χ0v) is 17.6. The Bertz CT molecular complexity index is 1170. The molecule has 0 fully saturated rings. The van der Waals surface area contributed by atoms with Gasteiger partial charge in [-0.3, -0.25) is 4.79 Å². The van der Waals surface area contributed by atoms with Crippen LogP contribution in [0.15, 0.2) is 72.3 Å². The fourth-order valence-corrected chi connectivity index (χ4v) is 2.96. The summed E-state index contributed by atoms with van der Waals surface area (Å²) >= 11 is 0. The van der Waals surface area contributed by atoms with E-state index in [1.807, 2.05) is 73.6 Å². The van der Waals surface area contributed by atoms with Crippen LogP contribution in [-0.2, 0) is 14.3 Å². The Labute approximate surface area is 181 Å². The molecule has 1 amide bonds. The second kappa shape index (κ2) is 9.59. The van der Waals surface area contributed by atoms with Crippen LogP contribution < -0.4 is 10.2 Å². The van der Waals surface area contributed by atoms with Gasteiger partial charge in [0.15, 0.2) is 6.10 Å². The lowest BCUT2D eigenvalue weighted by molar-refractivity contribution is -0.148. The number of hydrogen-bond acceptors (Lipinski definition) is 5. The molecule has 0 bridgehead atoms. The maximum Gasteiger partial charge on any atom is 0.349 e.